The lowest BCUT2D eigenvalue weighted by molar-refractivity contribution is 0.369. The van der Waals surface area contributed by atoms with Gasteiger partial charge in [-0.25, -0.2) is 4.98 Å². The number of rotatable bonds is 3. The van der Waals surface area contributed by atoms with Gasteiger partial charge in [0.1, 0.15) is 0 Å². The van der Waals surface area contributed by atoms with E-state index in [1.165, 1.54) is 0 Å². The third-order valence-corrected chi connectivity index (χ3v) is 3.83. The average Bonchev–Trinajstić information content (AvgIpc) is 2.84. The Hall–Kier alpha value is -2.08. The van der Waals surface area contributed by atoms with Crippen molar-refractivity contribution in [3.8, 4) is 23.0 Å². The molecular weight excluding hydrogens is 334 g/mol. The van der Waals surface area contributed by atoms with E-state index in [1.54, 1.807) is 20.3 Å². The molecule has 0 aliphatic rings. The Morgan fingerprint density at radius 1 is 1.05 bits per heavy atom. The van der Waals surface area contributed by atoms with Crippen LogP contribution in [0.15, 0.2) is 34.8 Å². The highest BCUT2D eigenvalue weighted by Crippen LogP contribution is 2.29. The molecule has 0 aliphatic heterocycles. The van der Waals surface area contributed by atoms with Crippen LogP contribution < -0.4 is 9.47 Å². The summed E-state index contributed by atoms with van der Waals surface area (Å²) in [6.45, 7) is 1.99. The largest absolute Gasteiger partial charge is 0.482 e. The molecule has 0 radical (unpaired) electrons. The van der Waals surface area contributed by atoms with E-state index >= 15 is 0 Å². The van der Waals surface area contributed by atoms with Gasteiger partial charge in [-0.15, -0.1) is 0 Å². The van der Waals surface area contributed by atoms with Crippen molar-refractivity contribution in [2.45, 2.75) is 6.92 Å². The van der Waals surface area contributed by atoms with E-state index in [1.807, 2.05) is 35.6 Å². The van der Waals surface area contributed by atoms with Crippen molar-refractivity contribution in [3.05, 3.63) is 40.5 Å². The lowest BCUT2D eigenvalue weighted by Gasteiger charge is -2.07. The van der Waals surface area contributed by atoms with E-state index in [4.69, 9.17) is 9.47 Å². The molecule has 108 valence electrons. The number of benzene rings is 1. The molecule has 3 rings (SSSR count). The Morgan fingerprint density at radius 3 is 2.38 bits per heavy atom. The quantitative estimate of drug-likeness (QED) is 0.727. The second-order valence-electron chi connectivity index (χ2n) is 4.53. The predicted molar refractivity (Wildman–Crippen MR) is 84.0 cm³/mol. The summed E-state index contributed by atoms with van der Waals surface area (Å²) in [4.78, 5) is 8.97. The summed E-state index contributed by atoms with van der Waals surface area (Å²) in [6, 6.07) is 9.76. The average molecular weight is 348 g/mol. The molecular formula is C15H14BrN3O2. The Kier molecular flexibility index (Phi) is 3.55. The summed E-state index contributed by atoms with van der Waals surface area (Å²) in [7, 11) is 3.19. The number of fused-ring (bicyclic) bond motifs is 1. The van der Waals surface area contributed by atoms with Gasteiger partial charge in [0, 0.05) is 10.0 Å². The number of nitrogens with zero attached hydrogens (tertiary/aromatic N) is 3. The molecule has 0 unspecified atom stereocenters. The molecule has 0 N–H and O–H groups in total. The Morgan fingerprint density at radius 2 is 1.76 bits per heavy atom. The summed E-state index contributed by atoms with van der Waals surface area (Å²) in [5.74, 6) is 1.68. The van der Waals surface area contributed by atoms with Crippen molar-refractivity contribution in [2.75, 3.05) is 14.2 Å². The van der Waals surface area contributed by atoms with Crippen LogP contribution in [0.4, 0.5) is 0 Å². The highest BCUT2D eigenvalue weighted by Gasteiger charge is 2.16. The van der Waals surface area contributed by atoms with Gasteiger partial charge in [-0.2, -0.15) is 4.98 Å². The maximum Gasteiger partial charge on any atom is 0.240 e. The van der Waals surface area contributed by atoms with Gasteiger partial charge in [-0.1, -0.05) is 28.1 Å². The molecule has 0 fully saturated rings. The fraction of sp³-hybridized carbons (Fsp3) is 0.200. The molecule has 0 atom stereocenters. The first-order chi connectivity index (χ1) is 10.1. The zero-order valence-corrected chi connectivity index (χ0v) is 13.5. The topological polar surface area (TPSA) is 48.7 Å². The van der Waals surface area contributed by atoms with Crippen molar-refractivity contribution >= 4 is 21.7 Å². The van der Waals surface area contributed by atoms with E-state index in [-0.39, 0.29) is 0 Å². The third kappa shape index (κ3) is 2.35. The van der Waals surface area contributed by atoms with Crippen LogP contribution in [0, 0.1) is 6.92 Å². The van der Waals surface area contributed by atoms with Gasteiger partial charge >= 0.3 is 0 Å². The number of ether oxygens (including phenoxy) is 2. The highest BCUT2D eigenvalue weighted by atomic mass is 79.9. The van der Waals surface area contributed by atoms with Crippen LogP contribution in [0.1, 0.15) is 5.69 Å². The van der Waals surface area contributed by atoms with Gasteiger partial charge < -0.3 is 9.47 Å². The Labute approximate surface area is 130 Å². The fourth-order valence-corrected chi connectivity index (χ4v) is 2.53. The Bertz CT molecular complexity index is 797. The second-order valence-corrected chi connectivity index (χ2v) is 5.44. The minimum atomic E-state index is 0.478. The summed E-state index contributed by atoms with van der Waals surface area (Å²) in [6.07, 6.45) is 0. The molecule has 6 heteroatoms. The zero-order chi connectivity index (χ0) is 15.0. The number of halogens is 1. The van der Waals surface area contributed by atoms with Crippen molar-refractivity contribution in [2.24, 2.45) is 0 Å². The molecule has 2 heterocycles. The monoisotopic (exact) mass is 347 g/mol. The van der Waals surface area contributed by atoms with Crippen LogP contribution in [0.2, 0.25) is 0 Å². The van der Waals surface area contributed by atoms with Crippen molar-refractivity contribution in [3.63, 3.8) is 0 Å². The van der Waals surface area contributed by atoms with Crippen LogP contribution in [0.3, 0.4) is 0 Å². The van der Waals surface area contributed by atoms with E-state index in [9.17, 15) is 0 Å². The first kappa shape index (κ1) is 13.9. The Balaban J connectivity index is 2.26. The van der Waals surface area contributed by atoms with Gasteiger partial charge in [0.15, 0.2) is 0 Å². The van der Waals surface area contributed by atoms with Gasteiger partial charge in [0.2, 0.25) is 17.5 Å². The predicted octanol–water partition coefficient (Wildman–Crippen LogP) is 3.48. The SMILES string of the molecule is COc1cc(OC)n2c(C)c(-c3ccc(Br)cc3)nc2n1. The van der Waals surface area contributed by atoms with Crippen LogP contribution in [-0.2, 0) is 0 Å². The normalized spacial score (nSPS) is 10.9. The lowest BCUT2D eigenvalue weighted by Crippen LogP contribution is -1.99. The van der Waals surface area contributed by atoms with Crippen molar-refractivity contribution in [1.29, 1.82) is 0 Å². The second kappa shape index (κ2) is 5.37. The lowest BCUT2D eigenvalue weighted by atomic mass is 10.1. The van der Waals surface area contributed by atoms with Crippen LogP contribution >= 0.6 is 15.9 Å². The van der Waals surface area contributed by atoms with Gasteiger partial charge in [-0.3, -0.25) is 4.40 Å². The molecule has 2 aromatic heterocycles. The molecule has 5 nitrogen and oxygen atoms in total. The van der Waals surface area contributed by atoms with Crippen molar-refractivity contribution < 1.29 is 9.47 Å². The number of aromatic nitrogens is 3. The van der Waals surface area contributed by atoms with Crippen LogP contribution in [0.5, 0.6) is 11.8 Å². The van der Waals surface area contributed by atoms with Gasteiger partial charge in [-0.05, 0) is 19.1 Å². The summed E-state index contributed by atoms with van der Waals surface area (Å²) in [5, 5.41) is 0. The van der Waals surface area contributed by atoms with E-state index in [0.717, 1.165) is 21.4 Å². The summed E-state index contributed by atoms with van der Waals surface area (Å²) >= 11 is 3.44. The maximum absolute atomic E-state index is 5.41. The molecule has 0 spiro atoms. The minimum absolute atomic E-state index is 0.478. The summed E-state index contributed by atoms with van der Waals surface area (Å²) < 4.78 is 13.5. The van der Waals surface area contributed by atoms with E-state index < -0.39 is 0 Å². The smallest absolute Gasteiger partial charge is 0.240 e. The third-order valence-electron chi connectivity index (χ3n) is 3.30. The number of aryl methyl sites for hydroxylation is 1. The van der Waals surface area contributed by atoms with Crippen molar-refractivity contribution in [1.82, 2.24) is 14.4 Å². The minimum Gasteiger partial charge on any atom is -0.482 e. The zero-order valence-electron chi connectivity index (χ0n) is 11.9. The molecule has 0 saturated carbocycles. The van der Waals surface area contributed by atoms with Gasteiger partial charge in [0.25, 0.3) is 0 Å². The molecule has 0 amide bonds. The number of imidazole rings is 1. The molecule has 0 saturated heterocycles. The molecule has 3 aromatic rings. The molecule has 21 heavy (non-hydrogen) atoms. The van der Waals surface area contributed by atoms with Gasteiger partial charge in [0.05, 0.1) is 31.7 Å². The van der Waals surface area contributed by atoms with Crippen LogP contribution in [-0.4, -0.2) is 28.6 Å². The standard InChI is InChI=1S/C15H14BrN3O2/c1-9-14(10-4-6-11(16)7-5-10)18-15-17-12(20-2)8-13(21-3)19(9)15/h4-8H,1-3H3. The first-order valence-corrected chi connectivity index (χ1v) is 7.17. The maximum atomic E-state index is 5.41. The number of hydrogen-bond acceptors (Lipinski definition) is 4. The first-order valence-electron chi connectivity index (χ1n) is 6.38. The fourth-order valence-electron chi connectivity index (χ4n) is 2.26. The number of methoxy groups -OCH3 is 2. The highest BCUT2D eigenvalue weighted by molar-refractivity contribution is 9.10. The van der Waals surface area contributed by atoms with E-state index in [0.29, 0.717) is 17.5 Å². The molecule has 0 bridgehead atoms. The molecule has 1 aromatic carbocycles. The van der Waals surface area contributed by atoms with Crippen LogP contribution in [0.25, 0.3) is 17.0 Å². The van der Waals surface area contributed by atoms with E-state index in [2.05, 4.69) is 25.9 Å². The molecule has 0 aliphatic carbocycles. The number of hydrogen-bond donors (Lipinski definition) is 0. The summed E-state index contributed by atoms with van der Waals surface area (Å²) in [5.41, 5.74) is 2.88.